The number of rotatable bonds is 2. The van der Waals surface area contributed by atoms with Gasteiger partial charge < -0.3 is 14.9 Å². The van der Waals surface area contributed by atoms with Gasteiger partial charge in [-0.1, -0.05) is 19.1 Å². The van der Waals surface area contributed by atoms with Crippen LogP contribution in [0.2, 0.25) is 0 Å². The Morgan fingerprint density at radius 2 is 2.29 bits per heavy atom. The number of carboxylic acid groups (broad SMARTS) is 1. The molecule has 0 saturated heterocycles. The average Bonchev–Trinajstić information content (AvgIpc) is 2.59. The lowest BCUT2D eigenvalue weighted by molar-refractivity contribution is -0.254. The third-order valence-corrected chi connectivity index (χ3v) is 2.32. The molecule has 0 aliphatic carbocycles. The first-order valence-corrected chi connectivity index (χ1v) is 4.54. The summed E-state index contributed by atoms with van der Waals surface area (Å²) in [6.45, 7) is 2.02. The first-order valence-electron chi connectivity index (χ1n) is 4.54. The summed E-state index contributed by atoms with van der Waals surface area (Å²) in [6, 6.07) is 7.00. The number of aromatic nitrogens is 1. The minimum absolute atomic E-state index is 0.249. The van der Waals surface area contributed by atoms with E-state index in [1.165, 1.54) is 0 Å². The molecular formula is C11H10NO2-. The van der Waals surface area contributed by atoms with Crippen molar-refractivity contribution >= 4 is 16.9 Å². The number of H-pyrrole nitrogens is 1. The summed E-state index contributed by atoms with van der Waals surface area (Å²) >= 11 is 0. The van der Waals surface area contributed by atoms with Crippen molar-refractivity contribution in [3.05, 3.63) is 35.5 Å². The van der Waals surface area contributed by atoms with Crippen molar-refractivity contribution < 1.29 is 9.90 Å². The number of carbonyl (C=O) groups excluding carboxylic acids is 1. The summed E-state index contributed by atoms with van der Waals surface area (Å²) in [6.07, 6.45) is 0.862. The molecule has 0 bridgehead atoms. The number of aryl methyl sites for hydroxylation is 1. The number of carbonyl (C=O) groups is 1. The minimum atomic E-state index is -1.13. The number of aromatic amines is 1. The van der Waals surface area contributed by atoms with Gasteiger partial charge in [0.25, 0.3) is 0 Å². The molecule has 2 aromatic rings. The van der Waals surface area contributed by atoms with Crippen LogP contribution in [-0.4, -0.2) is 11.0 Å². The molecule has 0 saturated carbocycles. The molecule has 0 aliphatic rings. The van der Waals surface area contributed by atoms with Gasteiger partial charge >= 0.3 is 0 Å². The molecule has 1 N–H and O–H groups in total. The van der Waals surface area contributed by atoms with E-state index >= 15 is 0 Å². The maximum absolute atomic E-state index is 10.8. The van der Waals surface area contributed by atoms with E-state index in [0.717, 1.165) is 23.0 Å². The van der Waals surface area contributed by atoms with Gasteiger partial charge in [-0.2, -0.15) is 0 Å². The Kier molecular flexibility index (Phi) is 2.00. The number of aromatic carboxylic acids is 1. The van der Waals surface area contributed by atoms with Gasteiger partial charge in [-0.25, -0.2) is 0 Å². The molecule has 0 radical (unpaired) electrons. The van der Waals surface area contributed by atoms with E-state index in [9.17, 15) is 9.90 Å². The highest BCUT2D eigenvalue weighted by molar-refractivity contribution is 6.02. The van der Waals surface area contributed by atoms with Crippen LogP contribution in [0.4, 0.5) is 0 Å². The standard InChI is InChI=1S/C11H11NO2/c1-2-7-6-9-8(11(13)14)4-3-5-10(9)12-7/h3-6,12H,2H2,1H3,(H,13,14)/p-1. The van der Waals surface area contributed by atoms with Gasteiger partial charge in [0, 0.05) is 22.2 Å². The molecule has 0 aliphatic heterocycles. The van der Waals surface area contributed by atoms with Crippen molar-refractivity contribution in [2.24, 2.45) is 0 Å². The SMILES string of the molecule is CCc1cc2c(C(=O)[O-])cccc2[nH]1. The Balaban J connectivity index is 2.73. The van der Waals surface area contributed by atoms with Crippen LogP contribution in [0.5, 0.6) is 0 Å². The van der Waals surface area contributed by atoms with Crippen LogP contribution in [0.1, 0.15) is 23.0 Å². The number of benzene rings is 1. The maximum atomic E-state index is 10.8. The van der Waals surface area contributed by atoms with Gasteiger partial charge in [0.1, 0.15) is 0 Å². The van der Waals surface area contributed by atoms with Crippen LogP contribution in [0.3, 0.4) is 0 Å². The molecular weight excluding hydrogens is 178 g/mol. The topological polar surface area (TPSA) is 55.9 Å². The lowest BCUT2D eigenvalue weighted by Gasteiger charge is -2.02. The van der Waals surface area contributed by atoms with E-state index < -0.39 is 5.97 Å². The normalized spacial score (nSPS) is 10.6. The smallest absolute Gasteiger partial charge is 0.0722 e. The summed E-state index contributed by atoms with van der Waals surface area (Å²) < 4.78 is 0. The highest BCUT2D eigenvalue weighted by Crippen LogP contribution is 2.19. The molecule has 72 valence electrons. The molecule has 0 amide bonds. The van der Waals surface area contributed by atoms with Crippen molar-refractivity contribution in [3.63, 3.8) is 0 Å². The van der Waals surface area contributed by atoms with Crippen molar-refractivity contribution in [1.82, 2.24) is 4.98 Å². The molecule has 1 aromatic carbocycles. The van der Waals surface area contributed by atoms with Crippen molar-refractivity contribution in [3.8, 4) is 0 Å². The Labute approximate surface area is 81.4 Å². The second-order valence-electron chi connectivity index (χ2n) is 3.20. The lowest BCUT2D eigenvalue weighted by atomic mass is 10.1. The average molecular weight is 188 g/mol. The number of hydrogen-bond acceptors (Lipinski definition) is 2. The van der Waals surface area contributed by atoms with E-state index in [-0.39, 0.29) is 5.56 Å². The zero-order valence-corrected chi connectivity index (χ0v) is 7.83. The van der Waals surface area contributed by atoms with Gasteiger partial charge in [0.2, 0.25) is 0 Å². The largest absolute Gasteiger partial charge is 0.545 e. The van der Waals surface area contributed by atoms with Crippen LogP contribution in [-0.2, 0) is 6.42 Å². The first-order chi connectivity index (χ1) is 6.72. The second-order valence-corrected chi connectivity index (χ2v) is 3.20. The maximum Gasteiger partial charge on any atom is 0.0722 e. The van der Waals surface area contributed by atoms with E-state index in [4.69, 9.17) is 0 Å². The van der Waals surface area contributed by atoms with Gasteiger partial charge in [-0.3, -0.25) is 0 Å². The number of carboxylic acids is 1. The number of fused-ring (bicyclic) bond motifs is 1. The number of nitrogens with one attached hydrogen (secondary N) is 1. The minimum Gasteiger partial charge on any atom is -0.545 e. The molecule has 0 fully saturated rings. The molecule has 1 aromatic heterocycles. The van der Waals surface area contributed by atoms with Crippen LogP contribution in [0, 0.1) is 0 Å². The van der Waals surface area contributed by atoms with Gasteiger partial charge in [-0.05, 0) is 18.6 Å². The first kappa shape index (κ1) is 8.81. The molecule has 1 heterocycles. The summed E-state index contributed by atoms with van der Waals surface area (Å²) in [5, 5.41) is 11.5. The Morgan fingerprint density at radius 1 is 1.50 bits per heavy atom. The Bertz CT molecular complexity index is 485. The highest BCUT2D eigenvalue weighted by atomic mass is 16.4. The fraction of sp³-hybridized carbons (Fsp3) is 0.182. The Morgan fingerprint density at radius 3 is 2.93 bits per heavy atom. The summed E-state index contributed by atoms with van der Waals surface area (Å²) in [7, 11) is 0. The second kappa shape index (κ2) is 3.18. The third kappa shape index (κ3) is 1.27. The summed E-state index contributed by atoms with van der Waals surface area (Å²) in [4.78, 5) is 13.9. The highest BCUT2D eigenvalue weighted by Gasteiger charge is 2.04. The zero-order chi connectivity index (χ0) is 10.1. The zero-order valence-electron chi connectivity index (χ0n) is 7.83. The molecule has 2 rings (SSSR count). The van der Waals surface area contributed by atoms with Gasteiger partial charge in [0.05, 0.1) is 5.97 Å². The summed E-state index contributed by atoms with van der Waals surface area (Å²) in [5.41, 5.74) is 2.13. The molecule has 3 nitrogen and oxygen atoms in total. The van der Waals surface area contributed by atoms with Crippen LogP contribution >= 0.6 is 0 Å². The van der Waals surface area contributed by atoms with Gasteiger partial charge in [0.15, 0.2) is 0 Å². The monoisotopic (exact) mass is 188 g/mol. The quantitative estimate of drug-likeness (QED) is 0.767. The van der Waals surface area contributed by atoms with E-state index in [1.807, 2.05) is 19.1 Å². The number of hydrogen-bond donors (Lipinski definition) is 1. The Hall–Kier alpha value is -1.77. The molecule has 0 spiro atoms. The van der Waals surface area contributed by atoms with E-state index in [1.54, 1.807) is 12.1 Å². The predicted molar refractivity (Wildman–Crippen MR) is 52.0 cm³/mol. The third-order valence-electron chi connectivity index (χ3n) is 2.32. The summed E-state index contributed by atoms with van der Waals surface area (Å²) in [5.74, 6) is -1.13. The fourth-order valence-electron chi connectivity index (χ4n) is 1.58. The molecule has 14 heavy (non-hydrogen) atoms. The lowest BCUT2D eigenvalue weighted by Crippen LogP contribution is -2.22. The fourth-order valence-corrected chi connectivity index (χ4v) is 1.58. The molecule has 0 unspecified atom stereocenters. The van der Waals surface area contributed by atoms with Gasteiger partial charge in [-0.15, -0.1) is 0 Å². The van der Waals surface area contributed by atoms with Crippen molar-refractivity contribution in [2.75, 3.05) is 0 Å². The van der Waals surface area contributed by atoms with E-state index in [2.05, 4.69) is 4.98 Å². The van der Waals surface area contributed by atoms with E-state index in [0.29, 0.717) is 0 Å². The predicted octanol–water partition coefficient (Wildman–Crippen LogP) is 1.09. The van der Waals surface area contributed by atoms with Crippen molar-refractivity contribution in [1.29, 1.82) is 0 Å². The molecule has 3 heteroatoms. The van der Waals surface area contributed by atoms with Crippen LogP contribution in [0.25, 0.3) is 10.9 Å². The van der Waals surface area contributed by atoms with Crippen LogP contribution in [0.15, 0.2) is 24.3 Å². The van der Waals surface area contributed by atoms with Crippen molar-refractivity contribution in [2.45, 2.75) is 13.3 Å². The molecule has 0 atom stereocenters. The van der Waals surface area contributed by atoms with Crippen LogP contribution < -0.4 is 5.11 Å².